The number of carbonyl (C=O) groups excluding carboxylic acids is 2. The fraction of sp³-hybridized carbons (Fsp3) is 0.538. The minimum Gasteiger partial charge on any atom is -0.357 e. The van der Waals surface area contributed by atoms with Crippen LogP contribution >= 0.6 is 0 Å². The van der Waals surface area contributed by atoms with Gasteiger partial charge in [-0.1, -0.05) is 13.8 Å². The van der Waals surface area contributed by atoms with Crippen molar-refractivity contribution in [3.05, 3.63) is 23.8 Å². The van der Waals surface area contributed by atoms with E-state index in [0.29, 0.717) is 12.3 Å². The van der Waals surface area contributed by atoms with Gasteiger partial charge in [0, 0.05) is 13.2 Å². The van der Waals surface area contributed by atoms with E-state index in [9.17, 15) is 9.59 Å². The van der Waals surface area contributed by atoms with Crippen LogP contribution in [0.1, 0.15) is 36.5 Å². The van der Waals surface area contributed by atoms with Gasteiger partial charge in [0.15, 0.2) is 0 Å². The average molecular weight is 264 g/mol. The van der Waals surface area contributed by atoms with Crippen LogP contribution in [-0.4, -0.2) is 34.9 Å². The van der Waals surface area contributed by atoms with Gasteiger partial charge in [-0.2, -0.15) is 0 Å². The molecule has 0 saturated carbocycles. The van der Waals surface area contributed by atoms with E-state index in [0.717, 1.165) is 5.69 Å². The van der Waals surface area contributed by atoms with E-state index in [2.05, 4.69) is 20.6 Å². The molecule has 0 bridgehead atoms. The first-order valence-corrected chi connectivity index (χ1v) is 6.25. The van der Waals surface area contributed by atoms with Crippen LogP contribution in [0.4, 0.5) is 0 Å². The number of amides is 2. The Morgan fingerprint density at radius 2 is 1.95 bits per heavy atom. The van der Waals surface area contributed by atoms with Gasteiger partial charge in [-0.15, -0.1) is 0 Å². The normalized spacial score (nSPS) is 12.1. The SMILES string of the molecule is CNC(=O)C(CC(C)C)NC(=O)c1cnc(C)cn1. The lowest BCUT2D eigenvalue weighted by molar-refractivity contribution is -0.122. The molecule has 2 N–H and O–H groups in total. The summed E-state index contributed by atoms with van der Waals surface area (Å²) < 4.78 is 0. The summed E-state index contributed by atoms with van der Waals surface area (Å²) in [6.07, 6.45) is 3.50. The Balaban J connectivity index is 2.75. The Bertz CT molecular complexity index is 442. The van der Waals surface area contributed by atoms with Crippen LogP contribution in [0.5, 0.6) is 0 Å². The summed E-state index contributed by atoms with van der Waals surface area (Å²) in [4.78, 5) is 31.7. The molecule has 0 aliphatic rings. The molecule has 2 amide bonds. The summed E-state index contributed by atoms with van der Waals surface area (Å²) in [6.45, 7) is 5.78. The maximum Gasteiger partial charge on any atom is 0.272 e. The molecule has 0 fully saturated rings. The van der Waals surface area contributed by atoms with Crippen molar-refractivity contribution in [2.45, 2.75) is 33.2 Å². The quantitative estimate of drug-likeness (QED) is 0.819. The van der Waals surface area contributed by atoms with Crippen LogP contribution in [0.2, 0.25) is 0 Å². The summed E-state index contributed by atoms with van der Waals surface area (Å²) in [5.74, 6) is -0.296. The van der Waals surface area contributed by atoms with E-state index in [-0.39, 0.29) is 17.5 Å². The van der Waals surface area contributed by atoms with Gasteiger partial charge in [-0.3, -0.25) is 14.6 Å². The highest BCUT2D eigenvalue weighted by molar-refractivity contribution is 5.95. The number of hydrogen-bond donors (Lipinski definition) is 2. The van der Waals surface area contributed by atoms with Gasteiger partial charge < -0.3 is 10.6 Å². The second-order valence-corrected chi connectivity index (χ2v) is 4.81. The largest absolute Gasteiger partial charge is 0.357 e. The number of nitrogens with zero attached hydrogens (tertiary/aromatic N) is 2. The number of aromatic nitrogens is 2. The topological polar surface area (TPSA) is 84.0 Å². The lowest BCUT2D eigenvalue weighted by Crippen LogP contribution is -2.46. The molecule has 1 aromatic heterocycles. The molecule has 0 radical (unpaired) electrons. The van der Waals surface area contributed by atoms with Crippen LogP contribution in [0.15, 0.2) is 12.4 Å². The van der Waals surface area contributed by atoms with Crippen molar-refractivity contribution in [2.75, 3.05) is 7.05 Å². The molecule has 6 heteroatoms. The molecule has 1 aromatic rings. The van der Waals surface area contributed by atoms with Crippen LogP contribution < -0.4 is 10.6 Å². The van der Waals surface area contributed by atoms with Gasteiger partial charge in [-0.05, 0) is 19.3 Å². The van der Waals surface area contributed by atoms with Crippen LogP contribution in [-0.2, 0) is 4.79 Å². The fourth-order valence-corrected chi connectivity index (χ4v) is 1.62. The third-order valence-electron chi connectivity index (χ3n) is 2.59. The first-order chi connectivity index (χ1) is 8.93. The summed E-state index contributed by atoms with van der Waals surface area (Å²) >= 11 is 0. The molecule has 0 aliphatic carbocycles. The van der Waals surface area contributed by atoms with Crippen molar-refractivity contribution in [1.82, 2.24) is 20.6 Å². The Labute approximate surface area is 113 Å². The molecule has 0 spiro atoms. The van der Waals surface area contributed by atoms with Crippen LogP contribution in [0.25, 0.3) is 0 Å². The van der Waals surface area contributed by atoms with Gasteiger partial charge in [0.2, 0.25) is 5.91 Å². The lowest BCUT2D eigenvalue weighted by Gasteiger charge is -2.18. The number of aryl methyl sites for hydroxylation is 1. The van der Waals surface area contributed by atoms with E-state index in [1.807, 2.05) is 13.8 Å². The van der Waals surface area contributed by atoms with Gasteiger partial charge >= 0.3 is 0 Å². The maximum absolute atomic E-state index is 12.0. The minimum absolute atomic E-state index is 0.206. The molecule has 104 valence electrons. The average Bonchev–Trinajstić information content (AvgIpc) is 2.37. The number of likely N-dealkylation sites (N-methyl/N-ethyl adjacent to an activating group) is 1. The van der Waals surface area contributed by atoms with Crippen molar-refractivity contribution in [2.24, 2.45) is 5.92 Å². The van der Waals surface area contributed by atoms with Crippen LogP contribution in [0, 0.1) is 12.8 Å². The van der Waals surface area contributed by atoms with E-state index in [1.165, 1.54) is 12.4 Å². The van der Waals surface area contributed by atoms with Crippen LogP contribution in [0.3, 0.4) is 0 Å². The summed E-state index contributed by atoms with van der Waals surface area (Å²) in [7, 11) is 1.55. The fourth-order valence-electron chi connectivity index (χ4n) is 1.62. The Morgan fingerprint density at radius 1 is 1.26 bits per heavy atom. The molecule has 0 saturated heterocycles. The Hall–Kier alpha value is -1.98. The summed E-state index contributed by atoms with van der Waals surface area (Å²) in [5.41, 5.74) is 0.949. The highest BCUT2D eigenvalue weighted by atomic mass is 16.2. The van der Waals surface area contributed by atoms with Gasteiger partial charge in [0.1, 0.15) is 11.7 Å². The third-order valence-corrected chi connectivity index (χ3v) is 2.59. The lowest BCUT2D eigenvalue weighted by atomic mass is 10.0. The number of carbonyl (C=O) groups is 2. The van der Waals surface area contributed by atoms with E-state index in [1.54, 1.807) is 14.0 Å². The molecule has 1 rings (SSSR count). The molecule has 1 atom stereocenters. The number of rotatable bonds is 5. The second-order valence-electron chi connectivity index (χ2n) is 4.81. The van der Waals surface area contributed by atoms with E-state index in [4.69, 9.17) is 0 Å². The van der Waals surface area contributed by atoms with Gasteiger partial charge in [-0.25, -0.2) is 4.98 Å². The van der Waals surface area contributed by atoms with Crippen molar-refractivity contribution >= 4 is 11.8 Å². The van der Waals surface area contributed by atoms with E-state index < -0.39 is 6.04 Å². The zero-order valence-corrected chi connectivity index (χ0v) is 11.7. The zero-order chi connectivity index (χ0) is 14.4. The van der Waals surface area contributed by atoms with Crippen molar-refractivity contribution in [3.8, 4) is 0 Å². The minimum atomic E-state index is -0.555. The first-order valence-electron chi connectivity index (χ1n) is 6.25. The predicted octanol–water partition coefficient (Wildman–Crippen LogP) is 0.676. The molecular weight excluding hydrogens is 244 g/mol. The smallest absolute Gasteiger partial charge is 0.272 e. The monoisotopic (exact) mass is 264 g/mol. The number of hydrogen-bond acceptors (Lipinski definition) is 4. The molecule has 1 heterocycles. The highest BCUT2D eigenvalue weighted by Crippen LogP contribution is 2.06. The van der Waals surface area contributed by atoms with E-state index >= 15 is 0 Å². The maximum atomic E-state index is 12.0. The molecule has 0 aromatic carbocycles. The Morgan fingerprint density at radius 3 is 2.42 bits per heavy atom. The predicted molar refractivity (Wildman–Crippen MR) is 71.5 cm³/mol. The van der Waals surface area contributed by atoms with Crippen molar-refractivity contribution in [3.63, 3.8) is 0 Å². The number of nitrogens with one attached hydrogen (secondary N) is 2. The third kappa shape index (κ3) is 4.65. The van der Waals surface area contributed by atoms with Gasteiger partial charge in [0.25, 0.3) is 5.91 Å². The zero-order valence-electron chi connectivity index (χ0n) is 11.7. The van der Waals surface area contributed by atoms with Crippen molar-refractivity contribution < 1.29 is 9.59 Å². The van der Waals surface area contributed by atoms with Crippen molar-refractivity contribution in [1.29, 1.82) is 0 Å². The highest BCUT2D eigenvalue weighted by Gasteiger charge is 2.22. The summed E-state index contributed by atoms with van der Waals surface area (Å²) in [6, 6.07) is -0.555. The molecule has 0 aliphatic heterocycles. The summed E-state index contributed by atoms with van der Waals surface area (Å²) in [5, 5.41) is 5.23. The molecule has 1 unspecified atom stereocenters. The molecule has 6 nitrogen and oxygen atoms in total. The van der Waals surface area contributed by atoms with Gasteiger partial charge in [0.05, 0.1) is 11.9 Å². The second kappa shape index (κ2) is 6.82. The Kier molecular flexibility index (Phi) is 5.41. The standard InChI is InChI=1S/C13H20N4O2/c1-8(2)5-10(12(18)14-4)17-13(19)11-7-15-9(3)6-16-11/h6-8,10H,5H2,1-4H3,(H,14,18)(H,17,19). The molecule has 19 heavy (non-hydrogen) atoms. The molecular formula is C13H20N4O2. The first kappa shape index (κ1) is 15.1.